The number of hydrogen-bond donors (Lipinski definition) is 0. The number of hydrogen-bond acceptors (Lipinski definition) is 4. The van der Waals surface area contributed by atoms with Crippen molar-refractivity contribution in [1.29, 1.82) is 0 Å². The molecule has 1 amide bonds. The van der Waals surface area contributed by atoms with Crippen molar-refractivity contribution in [2.75, 3.05) is 37.3 Å². The van der Waals surface area contributed by atoms with Crippen LogP contribution in [-0.4, -0.2) is 51.7 Å². The molecule has 2 aromatic carbocycles. The van der Waals surface area contributed by atoms with Gasteiger partial charge >= 0.3 is 0 Å². The Morgan fingerprint density at radius 3 is 2.24 bits per heavy atom. The number of halogens is 1. The van der Waals surface area contributed by atoms with Gasteiger partial charge in [0.1, 0.15) is 0 Å². The average Bonchev–Trinajstić information content (AvgIpc) is 2.61. The third-order valence-corrected chi connectivity index (χ3v) is 5.84. The van der Waals surface area contributed by atoms with Crippen molar-refractivity contribution in [1.82, 2.24) is 4.90 Å². The molecule has 1 aliphatic heterocycles. The van der Waals surface area contributed by atoms with Crippen molar-refractivity contribution < 1.29 is 13.2 Å². The topological polar surface area (TPSA) is 57.7 Å². The van der Waals surface area contributed by atoms with E-state index in [1.807, 2.05) is 18.2 Å². The lowest BCUT2D eigenvalue weighted by Gasteiger charge is -2.36. The van der Waals surface area contributed by atoms with Crippen molar-refractivity contribution >= 4 is 33.0 Å². The molecule has 1 aliphatic rings. The zero-order chi connectivity index (χ0) is 18.0. The molecule has 7 heteroatoms. The molecule has 1 fully saturated rings. The molecule has 0 spiro atoms. The summed E-state index contributed by atoms with van der Waals surface area (Å²) in [4.78, 5) is 16.7. The summed E-state index contributed by atoms with van der Waals surface area (Å²) in [6, 6.07) is 14.5. The molecule has 0 aliphatic carbocycles. The second-order valence-electron chi connectivity index (χ2n) is 6.03. The maximum absolute atomic E-state index is 12.7. The predicted octanol–water partition coefficient (Wildman–Crippen LogP) is 2.71. The number of carbonyl (C=O) groups is 1. The minimum Gasteiger partial charge on any atom is -0.368 e. The second kappa shape index (κ2) is 7.06. The largest absolute Gasteiger partial charge is 0.368 e. The van der Waals surface area contributed by atoms with Gasteiger partial charge in [0.15, 0.2) is 9.84 Å². The van der Waals surface area contributed by atoms with E-state index in [9.17, 15) is 13.2 Å². The summed E-state index contributed by atoms with van der Waals surface area (Å²) in [6.45, 7) is 2.65. The molecule has 0 saturated carbocycles. The molecular weight excluding hydrogens is 360 g/mol. The third kappa shape index (κ3) is 3.96. The van der Waals surface area contributed by atoms with E-state index >= 15 is 0 Å². The van der Waals surface area contributed by atoms with Crippen LogP contribution in [0.2, 0.25) is 5.02 Å². The van der Waals surface area contributed by atoms with Crippen LogP contribution in [-0.2, 0) is 9.84 Å². The van der Waals surface area contributed by atoms with E-state index in [4.69, 9.17) is 11.6 Å². The normalized spacial score (nSPS) is 15.3. The first-order valence-electron chi connectivity index (χ1n) is 7.95. The number of carbonyl (C=O) groups excluding carboxylic acids is 1. The van der Waals surface area contributed by atoms with Crippen LogP contribution < -0.4 is 4.90 Å². The van der Waals surface area contributed by atoms with Gasteiger partial charge in [-0.15, -0.1) is 0 Å². The van der Waals surface area contributed by atoms with Crippen molar-refractivity contribution in [3.8, 4) is 0 Å². The van der Waals surface area contributed by atoms with E-state index in [2.05, 4.69) is 17.0 Å². The lowest BCUT2D eigenvalue weighted by Crippen LogP contribution is -2.48. The van der Waals surface area contributed by atoms with E-state index in [0.29, 0.717) is 18.7 Å². The monoisotopic (exact) mass is 378 g/mol. The number of piperazine rings is 1. The summed E-state index contributed by atoms with van der Waals surface area (Å²) in [5, 5.41) is 0.132. The number of amides is 1. The quantitative estimate of drug-likeness (QED) is 0.824. The van der Waals surface area contributed by atoms with Gasteiger partial charge in [-0.25, -0.2) is 8.42 Å². The predicted molar refractivity (Wildman–Crippen MR) is 99.1 cm³/mol. The Morgan fingerprint density at radius 1 is 1.00 bits per heavy atom. The van der Waals surface area contributed by atoms with Gasteiger partial charge in [-0.05, 0) is 30.3 Å². The molecule has 132 valence electrons. The minimum atomic E-state index is -3.48. The Kier molecular flexibility index (Phi) is 5.01. The first kappa shape index (κ1) is 17.8. The Morgan fingerprint density at radius 2 is 1.64 bits per heavy atom. The fourth-order valence-corrected chi connectivity index (χ4v) is 4.21. The van der Waals surface area contributed by atoms with Crippen LogP contribution in [0.25, 0.3) is 0 Å². The zero-order valence-corrected chi connectivity index (χ0v) is 15.4. The van der Waals surface area contributed by atoms with E-state index in [-0.39, 0.29) is 15.8 Å². The molecule has 5 nitrogen and oxygen atoms in total. The highest BCUT2D eigenvalue weighted by molar-refractivity contribution is 7.90. The summed E-state index contributed by atoms with van der Waals surface area (Å²) in [5.74, 6) is -0.172. The summed E-state index contributed by atoms with van der Waals surface area (Å²) in [7, 11) is -3.48. The Hall–Kier alpha value is -2.05. The van der Waals surface area contributed by atoms with Crippen LogP contribution in [0, 0.1) is 0 Å². The standard InChI is InChI=1S/C18H19ClN2O3S/c1-25(23,24)17-13-14(7-8-16(17)19)18(22)21-11-9-20(10-12-21)15-5-3-2-4-6-15/h2-8,13H,9-12H2,1H3. The van der Waals surface area contributed by atoms with Gasteiger partial charge < -0.3 is 9.80 Å². The number of rotatable bonds is 3. The maximum Gasteiger partial charge on any atom is 0.254 e. The molecule has 0 aromatic heterocycles. The van der Waals surface area contributed by atoms with E-state index in [0.717, 1.165) is 25.0 Å². The second-order valence-corrected chi connectivity index (χ2v) is 8.42. The smallest absolute Gasteiger partial charge is 0.254 e. The third-order valence-electron chi connectivity index (χ3n) is 4.27. The SMILES string of the molecule is CS(=O)(=O)c1cc(C(=O)N2CCN(c3ccccc3)CC2)ccc1Cl. The van der Waals surface area contributed by atoms with Crippen LogP contribution in [0.15, 0.2) is 53.4 Å². The molecular formula is C18H19ClN2O3S. The summed E-state index contributed by atoms with van der Waals surface area (Å²) >= 11 is 5.95. The van der Waals surface area contributed by atoms with Crippen molar-refractivity contribution in [2.24, 2.45) is 0 Å². The van der Waals surface area contributed by atoms with Crippen molar-refractivity contribution in [3.05, 3.63) is 59.1 Å². The number of benzene rings is 2. The van der Waals surface area contributed by atoms with Crippen molar-refractivity contribution in [3.63, 3.8) is 0 Å². The lowest BCUT2D eigenvalue weighted by atomic mass is 10.1. The molecule has 0 N–H and O–H groups in total. The molecule has 1 saturated heterocycles. The first-order valence-corrected chi connectivity index (χ1v) is 10.2. The van der Waals surface area contributed by atoms with Crippen LogP contribution in [0.3, 0.4) is 0 Å². The molecule has 25 heavy (non-hydrogen) atoms. The Bertz CT molecular complexity index is 876. The van der Waals surface area contributed by atoms with Gasteiger partial charge in [0, 0.05) is 43.7 Å². The zero-order valence-electron chi connectivity index (χ0n) is 13.9. The summed E-state index contributed by atoms with van der Waals surface area (Å²) in [5.41, 5.74) is 1.48. The van der Waals surface area contributed by atoms with Crippen LogP contribution in [0.4, 0.5) is 5.69 Å². The summed E-state index contributed by atoms with van der Waals surface area (Å²) < 4.78 is 23.6. The van der Waals surface area contributed by atoms with Gasteiger partial charge in [-0.1, -0.05) is 29.8 Å². The summed E-state index contributed by atoms with van der Waals surface area (Å²) in [6.07, 6.45) is 1.08. The van der Waals surface area contributed by atoms with Crippen molar-refractivity contribution in [2.45, 2.75) is 4.90 Å². The number of sulfone groups is 1. The highest BCUT2D eigenvalue weighted by atomic mass is 35.5. The van der Waals surface area contributed by atoms with Crippen LogP contribution >= 0.6 is 11.6 Å². The van der Waals surface area contributed by atoms with Crippen LogP contribution in [0.5, 0.6) is 0 Å². The molecule has 1 heterocycles. The molecule has 0 radical (unpaired) electrons. The van der Waals surface area contributed by atoms with Gasteiger partial charge in [0.25, 0.3) is 5.91 Å². The maximum atomic E-state index is 12.7. The molecule has 0 bridgehead atoms. The highest BCUT2D eigenvalue weighted by Crippen LogP contribution is 2.24. The average molecular weight is 379 g/mol. The van der Waals surface area contributed by atoms with Gasteiger partial charge in [-0.3, -0.25) is 4.79 Å². The molecule has 2 aromatic rings. The van der Waals surface area contributed by atoms with E-state index in [1.165, 1.54) is 12.1 Å². The first-order chi connectivity index (χ1) is 11.9. The molecule has 0 unspecified atom stereocenters. The van der Waals surface area contributed by atoms with Gasteiger partial charge in [0.05, 0.1) is 9.92 Å². The number of para-hydroxylation sites is 1. The Balaban J connectivity index is 1.73. The molecule has 3 rings (SSSR count). The molecule has 0 atom stereocenters. The van der Waals surface area contributed by atoms with E-state index < -0.39 is 9.84 Å². The minimum absolute atomic E-state index is 0.0112. The Labute approximate surface area is 152 Å². The number of anilines is 1. The van der Waals surface area contributed by atoms with Gasteiger partial charge in [0.2, 0.25) is 0 Å². The fourth-order valence-electron chi connectivity index (χ4n) is 2.91. The lowest BCUT2D eigenvalue weighted by molar-refractivity contribution is 0.0746. The highest BCUT2D eigenvalue weighted by Gasteiger charge is 2.24. The van der Waals surface area contributed by atoms with Gasteiger partial charge in [-0.2, -0.15) is 0 Å². The fraction of sp³-hybridized carbons (Fsp3) is 0.278. The number of nitrogens with zero attached hydrogens (tertiary/aromatic N) is 2. The van der Waals surface area contributed by atoms with E-state index in [1.54, 1.807) is 11.0 Å². The van der Waals surface area contributed by atoms with Crippen LogP contribution in [0.1, 0.15) is 10.4 Å².